The van der Waals surface area contributed by atoms with Crippen LogP contribution in [0.5, 0.6) is 0 Å². The average molecular weight is 275 g/mol. The molecule has 0 spiro atoms. The second kappa shape index (κ2) is 5.73. The summed E-state index contributed by atoms with van der Waals surface area (Å²) in [6, 6.07) is 5.65. The molecular weight excluding hydrogens is 258 g/mol. The predicted molar refractivity (Wildman–Crippen MR) is 73.5 cm³/mol. The minimum atomic E-state index is -0.428. The summed E-state index contributed by atoms with van der Waals surface area (Å²) in [7, 11) is 1.55. The number of pyridine rings is 1. The Morgan fingerprint density at radius 2 is 2.15 bits per heavy atom. The fourth-order valence-corrected chi connectivity index (χ4v) is 1.92. The van der Waals surface area contributed by atoms with E-state index in [-0.39, 0.29) is 12.5 Å². The second-order valence-corrected chi connectivity index (χ2v) is 4.49. The van der Waals surface area contributed by atoms with E-state index in [1.165, 1.54) is 4.90 Å². The van der Waals surface area contributed by atoms with Crippen LogP contribution in [0.2, 0.25) is 0 Å². The van der Waals surface area contributed by atoms with Crippen molar-refractivity contribution in [3.8, 4) is 0 Å². The van der Waals surface area contributed by atoms with E-state index in [1.54, 1.807) is 20.2 Å². The van der Waals surface area contributed by atoms with Crippen molar-refractivity contribution >= 4 is 17.5 Å². The summed E-state index contributed by atoms with van der Waals surface area (Å²) in [6.45, 7) is 3.88. The fraction of sp³-hybridized carbons (Fsp3) is 0.357. The average Bonchev–Trinajstić information content (AvgIpc) is 2.83. The smallest absolute Gasteiger partial charge is 0.325 e. The summed E-state index contributed by atoms with van der Waals surface area (Å²) in [6.07, 6.45) is 1.68. The largest absolute Gasteiger partial charge is 0.465 e. The molecule has 0 atom stereocenters. The molecule has 0 aliphatic carbocycles. The van der Waals surface area contributed by atoms with Gasteiger partial charge in [0, 0.05) is 18.9 Å². The zero-order valence-electron chi connectivity index (χ0n) is 11.8. The van der Waals surface area contributed by atoms with Gasteiger partial charge in [0.2, 0.25) is 0 Å². The molecule has 0 aliphatic rings. The predicted octanol–water partition coefficient (Wildman–Crippen LogP) is 1.28. The normalized spacial score (nSPS) is 10.6. The minimum absolute atomic E-state index is 0.0838. The van der Waals surface area contributed by atoms with Gasteiger partial charge in [-0.1, -0.05) is 6.07 Å². The molecule has 6 nitrogen and oxygen atoms in total. The third-order valence-electron chi connectivity index (χ3n) is 2.93. The van der Waals surface area contributed by atoms with Crippen molar-refractivity contribution in [1.29, 1.82) is 0 Å². The molecule has 2 aromatic rings. The quantitative estimate of drug-likeness (QED) is 0.788. The summed E-state index contributed by atoms with van der Waals surface area (Å²) >= 11 is 0. The molecule has 0 fully saturated rings. The zero-order chi connectivity index (χ0) is 14.7. The van der Waals surface area contributed by atoms with Crippen molar-refractivity contribution in [3.63, 3.8) is 0 Å². The summed E-state index contributed by atoms with van der Waals surface area (Å²) in [5, 5.41) is 0. The summed E-state index contributed by atoms with van der Waals surface area (Å²) in [5.41, 5.74) is 2.01. The number of rotatable bonds is 4. The third kappa shape index (κ3) is 2.79. The number of imidazole rings is 1. The monoisotopic (exact) mass is 275 g/mol. The Kier molecular flexibility index (Phi) is 4.02. The van der Waals surface area contributed by atoms with Crippen LogP contribution in [0.4, 0.5) is 0 Å². The maximum Gasteiger partial charge on any atom is 0.325 e. The van der Waals surface area contributed by atoms with Crippen LogP contribution in [-0.4, -0.2) is 46.4 Å². The van der Waals surface area contributed by atoms with Crippen molar-refractivity contribution in [2.45, 2.75) is 13.8 Å². The molecule has 2 rings (SSSR count). The van der Waals surface area contributed by atoms with Gasteiger partial charge in [0.1, 0.15) is 17.9 Å². The van der Waals surface area contributed by atoms with Crippen molar-refractivity contribution in [1.82, 2.24) is 14.3 Å². The number of carbonyl (C=O) groups is 2. The number of aryl methyl sites for hydroxylation is 1. The number of fused-ring (bicyclic) bond motifs is 1. The van der Waals surface area contributed by atoms with Crippen LogP contribution >= 0.6 is 0 Å². The number of ether oxygens (including phenoxy) is 1. The van der Waals surface area contributed by atoms with Crippen LogP contribution < -0.4 is 0 Å². The van der Waals surface area contributed by atoms with Crippen molar-refractivity contribution < 1.29 is 14.3 Å². The van der Waals surface area contributed by atoms with Crippen LogP contribution in [0.25, 0.3) is 5.65 Å². The molecule has 6 heteroatoms. The van der Waals surface area contributed by atoms with Gasteiger partial charge in [-0.15, -0.1) is 0 Å². The highest BCUT2D eigenvalue weighted by atomic mass is 16.5. The first kappa shape index (κ1) is 14.0. The van der Waals surface area contributed by atoms with E-state index in [0.29, 0.717) is 17.9 Å². The lowest BCUT2D eigenvalue weighted by Gasteiger charge is -2.14. The lowest BCUT2D eigenvalue weighted by atomic mass is 10.4. The number of likely N-dealkylation sites (N-methyl/N-ethyl adjacent to an activating group) is 1. The zero-order valence-corrected chi connectivity index (χ0v) is 11.8. The number of hydrogen-bond acceptors (Lipinski definition) is 4. The first-order valence-corrected chi connectivity index (χ1v) is 6.38. The van der Waals surface area contributed by atoms with E-state index in [0.717, 1.165) is 5.69 Å². The van der Waals surface area contributed by atoms with E-state index in [1.807, 2.05) is 29.5 Å². The third-order valence-corrected chi connectivity index (χ3v) is 2.93. The summed E-state index contributed by atoms with van der Waals surface area (Å²) in [5.74, 6) is -0.732. The molecule has 20 heavy (non-hydrogen) atoms. The molecule has 0 bridgehead atoms. The van der Waals surface area contributed by atoms with Gasteiger partial charge >= 0.3 is 5.97 Å². The molecule has 0 N–H and O–H groups in total. The number of esters is 1. The van der Waals surface area contributed by atoms with Crippen molar-refractivity contribution in [2.75, 3.05) is 20.2 Å². The van der Waals surface area contributed by atoms with E-state index in [2.05, 4.69) is 4.98 Å². The Labute approximate surface area is 117 Å². The molecule has 0 aromatic carbocycles. The summed E-state index contributed by atoms with van der Waals surface area (Å²) in [4.78, 5) is 29.1. The van der Waals surface area contributed by atoms with Crippen LogP contribution in [0, 0.1) is 6.92 Å². The van der Waals surface area contributed by atoms with Gasteiger partial charge in [-0.2, -0.15) is 0 Å². The Hall–Kier alpha value is -2.37. The molecule has 0 aliphatic heterocycles. The lowest BCUT2D eigenvalue weighted by molar-refractivity contribution is -0.143. The van der Waals surface area contributed by atoms with Gasteiger partial charge in [-0.25, -0.2) is 4.98 Å². The standard InChI is InChI=1S/C14H17N3O3/c1-4-20-13(18)9-16(3)14(19)11-8-17-10(2)6-5-7-12(17)15-11/h5-8H,4,9H2,1-3H3. The maximum atomic E-state index is 12.2. The lowest BCUT2D eigenvalue weighted by Crippen LogP contribution is -2.33. The molecule has 106 valence electrons. The Bertz CT molecular complexity index is 648. The molecule has 0 saturated heterocycles. The van der Waals surface area contributed by atoms with Gasteiger partial charge < -0.3 is 14.0 Å². The van der Waals surface area contributed by atoms with Crippen LogP contribution in [0.15, 0.2) is 24.4 Å². The number of nitrogens with zero attached hydrogens (tertiary/aromatic N) is 3. The Morgan fingerprint density at radius 3 is 2.80 bits per heavy atom. The highest BCUT2D eigenvalue weighted by molar-refractivity contribution is 5.94. The fourth-order valence-electron chi connectivity index (χ4n) is 1.92. The molecule has 2 heterocycles. The Morgan fingerprint density at radius 1 is 1.40 bits per heavy atom. The second-order valence-electron chi connectivity index (χ2n) is 4.49. The first-order chi connectivity index (χ1) is 9.52. The van der Waals surface area contributed by atoms with Gasteiger partial charge in [-0.3, -0.25) is 9.59 Å². The number of aromatic nitrogens is 2. The van der Waals surface area contributed by atoms with Gasteiger partial charge in [0.05, 0.1) is 6.61 Å². The van der Waals surface area contributed by atoms with Gasteiger partial charge in [0.15, 0.2) is 0 Å². The minimum Gasteiger partial charge on any atom is -0.465 e. The van der Waals surface area contributed by atoms with Crippen molar-refractivity contribution in [2.24, 2.45) is 0 Å². The van der Waals surface area contributed by atoms with Crippen molar-refractivity contribution in [3.05, 3.63) is 35.8 Å². The molecule has 1 amide bonds. The number of hydrogen-bond donors (Lipinski definition) is 0. The highest BCUT2D eigenvalue weighted by Crippen LogP contribution is 2.10. The van der Waals surface area contributed by atoms with Crippen LogP contribution in [0.3, 0.4) is 0 Å². The molecule has 0 radical (unpaired) electrons. The molecule has 0 unspecified atom stereocenters. The SMILES string of the molecule is CCOC(=O)CN(C)C(=O)c1cn2c(C)cccc2n1. The molecular formula is C14H17N3O3. The topological polar surface area (TPSA) is 63.9 Å². The first-order valence-electron chi connectivity index (χ1n) is 6.38. The van der Waals surface area contributed by atoms with Gasteiger partial charge in [0.25, 0.3) is 5.91 Å². The highest BCUT2D eigenvalue weighted by Gasteiger charge is 2.18. The van der Waals surface area contributed by atoms with E-state index in [9.17, 15) is 9.59 Å². The van der Waals surface area contributed by atoms with Crippen LogP contribution in [-0.2, 0) is 9.53 Å². The van der Waals surface area contributed by atoms with Gasteiger partial charge in [-0.05, 0) is 26.0 Å². The molecule has 0 saturated carbocycles. The van der Waals surface area contributed by atoms with E-state index in [4.69, 9.17) is 4.74 Å². The molecule has 2 aromatic heterocycles. The Balaban J connectivity index is 2.18. The number of amides is 1. The summed E-state index contributed by atoms with van der Waals surface area (Å²) < 4.78 is 6.66. The van der Waals surface area contributed by atoms with E-state index >= 15 is 0 Å². The van der Waals surface area contributed by atoms with E-state index < -0.39 is 5.97 Å². The van der Waals surface area contributed by atoms with Crippen LogP contribution in [0.1, 0.15) is 23.1 Å². The number of carbonyl (C=O) groups excluding carboxylic acids is 2. The maximum absolute atomic E-state index is 12.2.